The van der Waals surface area contributed by atoms with Gasteiger partial charge in [0.15, 0.2) is 5.69 Å². The first-order valence-corrected chi connectivity index (χ1v) is 7.48. The van der Waals surface area contributed by atoms with Crippen LogP contribution in [0, 0.1) is 6.92 Å². The van der Waals surface area contributed by atoms with Crippen molar-refractivity contribution >= 4 is 5.97 Å². The number of hydrogen-bond acceptors (Lipinski definition) is 4. The zero-order valence-electron chi connectivity index (χ0n) is 13.1. The molecule has 0 aliphatic rings. The number of imidazole rings is 1. The molecular formula is C17H18N4O2. The highest BCUT2D eigenvalue weighted by atomic mass is 16.5. The van der Waals surface area contributed by atoms with Crippen molar-refractivity contribution in [1.29, 1.82) is 0 Å². The summed E-state index contributed by atoms with van der Waals surface area (Å²) >= 11 is 0. The van der Waals surface area contributed by atoms with Crippen LogP contribution in [0.2, 0.25) is 0 Å². The zero-order valence-corrected chi connectivity index (χ0v) is 13.1. The van der Waals surface area contributed by atoms with Gasteiger partial charge in [0.1, 0.15) is 5.82 Å². The van der Waals surface area contributed by atoms with Crippen molar-refractivity contribution in [2.45, 2.75) is 20.4 Å². The standard InChI is InChI=1S/C17H18N4O2/c1-3-23-17(22)16-11-14(12-20-10-9-18-13(20)2)19-21(16)15-7-5-4-6-8-15/h4-11H,3,12H2,1-2H3. The van der Waals surface area contributed by atoms with Gasteiger partial charge in [0.05, 0.1) is 24.5 Å². The Balaban J connectivity index is 1.99. The lowest BCUT2D eigenvalue weighted by molar-refractivity contribution is 0.0515. The fourth-order valence-corrected chi connectivity index (χ4v) is 2.37. The summed E-state index contributed by atoms with van der Waals surface area (Å²) in [5.41, 5.74) is 2.02. The van der Waals surface area contributed by atoms with Crippen LogP contribution >= 0.6 is 0 Å². The van der Waals surface area contributed by atoms with Crippen LogP contribution in [0.1, 0.15) is 28.9 Å². The van der Waals surface area contributed by atoms with Crippen molar-refractivity contribution < 1.29 is 9.53 Å². The maximum atomic E-state index is 12.2. The lowest BCUT2D eigenvalue weighted by Crippen LogP contribution is -2.11. The van der Waals surface area contributed by atoms with E-state index in [1.54, 1.807) is 23.9 Å². The summed E-state index contributed by atoms with van der Waals surface area (Å²) in [7, 11) is 0. The summed E-state index contributed by atoms with van der Waals surface area (Å²) in [5.74, 6) is 0.523. The van der Waals surface area contributed by atoms with E-state index in [-0.39, 0.29) is 5.97 Å². The van der Waals surface area contributed by atoms with E-state index in [9.17, 15) is 4.79 Å². The Morgan fingerprint density at radius 1 is 1.26 bits per heavy atom. The molecule has 0 amide bonds. The van der Waals surface area contributed by atoms with E-state index in [2.05, 4.69) is 10.1 Å². The molecule has 6 nitrogen and oxygen atoms in total. The van der Waals surface area contributed by atoms with Crippen LogP contribution in [0.5, 0.6) is 0 Å². The number of benzene rings is 1. The van der Waals surface area contributed by atoms with Gasteiger partial charge in [-0.05, 0) is 32.0 Å². The summed E-state index contributed by atoms with van der Waals surface area (Å²) in [4.78, 5) is 16.4. The van der Waals surface area contributed by atoms with Crippen LogP contribution in [-0.2, 0) is 11.3 Å². The maximum absolute atomic E-state index is 12.2. The Morgan fingerprint density at radius 3 is 2.70 bits per heavy atom. The SMILES string of the molecule is CCOC(=O)c1cc(Cn2ccnc2C)nn1-c1ccccc1. The average molecular weight is 310 g/mol. The van der Waals surface area contributed by atoms with Gasteiger partial charge in [-0.1, -0.05) is 18.2 Å². The summed E-state index contributed by atoms with van der Waals surface area (Å²) in [6.07, 6.45) is 3.64. The summed E-state index contributed by atoms with van der Waals surface area (Å²) in [6.45, 7) is 4.60. The number of esters is 1. The van der Waals surface area contributed by atoms with Crippen LogP contribution in [0.25, 0.3) is 5.69 Å². The summed E-state index contributed by atoms with van der Waals surface area (Å²) in [6, 6.07) is 11.3. The van der Waals surface area contributed by atoms with Crippen molar-refractivity contribution in [3.05, 3.63) is 66.0 Å². The predicted molar refractivity (Wildman–Crippen MR) is 85.6 cm³/mol. The number of rotatable bonds is 5. The molecule has 3 aromatic rings. The van der Waals surface area contributed by atoms with Gasteiger partial charge in [0.25, 0.3) is 0 Å². The highest BCUT2D eigenvalue weighted by molar-refractivity contribution is 5.88. The molecule has 118 valence electrons. The molecule has 0 fully saturated rings. The largest absolute Gasteiger partial charge is 0.461 e. The van der Waals surface area contributed by atoms with E-state index in [0.717, 1.165) is 17.2 Å². The van der Waals surface area contributed by atoms with Gasteiger partial charge < -0.3 is 9.30 Å². The normalized spacial score (nSPS) is 10.7. The number of carbonyl (C=O) groups excluding carboxylic acids is 1. The predicted octanol–water partition coefficient (Wildman–Crippen LogP) is 2.60. The van der Waals surface area contributed by atoms with E-state index in [1.165, 1.54) is 0 Å². The van der Waals surface area contributed by atoms with Crippen LogP contribution in [0.3, 0.4) is 0 Å². The lowest BCUT2D eigenvalue weighted by Gasteiger charge is -2.06. The Labute approximate surface area is 134 Å². The van der Waals surface area contributed by atoms with E-state index < -0.39 is 0 Å². The Morgan fingerprint density at radius 2 is 2.04 bits per heavy atom. The molecule has 0 radical (unpaired) electrons. The second-order valence-corrected chi connectivity index (χ2v) is 5.09. The number of aromatic nitrogens is 4. The molecule has 0 spiro atoms. The molecule has 6 heteroatoms. The first-order chi connectivity index (χ1) is 11.2. The highest BCUT2D eigenvalue weighted by Crippen LogP contribution is 2.15. The molecule has 0 N–H and O–H groups in total. The third-order valence-electron chi connectivity index (χ3n) is 3.50. The fourth-order valence-electron chi connectivity index (χ4n) is 2.37. The van der Waals surface area contributed by atoms with Gasteiger partial charge in [-0.3, -0.25) is 0 Å². The van der Waals surface area contributed by atoms with Gasteiger partial charge >= 0.3 is 5.97 Å². The molecule has 2 heterocycles. The van der Waals surface area contributed by atoms with Gasteiger partial charge in [0.2, 0.25) is 0 Å². The lowest BCUT2D eigenvalue weighted by atomic mass is 10.3. The monoisotopic (exact) mass is 310 g/mol. The topological polar surface area (TPSA) is 61.9 Å². The molecule has 23 heavy (non-hydrogen) atoms. The van der Waals surface area contributed by atoms with Crippen LogP contribution < -0.4 is 0 Å². The molecule has 0 bridgehead atoms. The molecule has 0 unspecified atom stereocenters. The van der Waals surface area contributed by atoms with E-state index >= 15 is 0 Å². The molecule has 3 rings (SSSR count). The molecule has 0 saturated heterocycles. The van der Waals surface area contributed by atoms with Gasteiger partial charge in [-0.25, -0.2) is 14.5 Å². The Bertz CT molecular complexity index is 805. The van der Waals surface area contributed by atoms with Crippen molar-refractivity contribution in [2.24, 2.45) is 0 Å². The molecule has 0 aliphatic carbocycles. The third kappa shape index (κ3) is 3.15. The van der Waals surface area contributed by atoms with E-state index in [4.69, 9.17) is 4.74 Å². The van der Waals surface area contributed by atoms with Crippen molar-refractivity contribution in [3.8, 4) is 5.69 Å². The minimum Gasteiger partial charge on any atom is -0.461 e. The number of ether oxygens (including phenoxy) is 1. The van der Waals surface area contributed by atoms with Crippen LogP contribution in [0.15, 0.2) is 48.8 Å². The first-order valence-electron chi connectivity index (χ1n) is 7.48. The number of carbonyl (C=O) groups is 1. The molecule has 2 aromatic heterocycles. The third-order valence-corrected chi connectivity index (χ3v) is 3.50. The second-order valence-electron chi connectivity index (χ2n) is 5.09. The highest BCUT2D eigenvalue weighted by Gasteiger charge is 2.18. The maximum Gasteiger partial charge on any atom is 0.357 e. The van der Waals surface area contributed by atoms with Crippen molar-refractivity contribution in [1.82, 2.24) is 19.3 Å². The Hall–Kier alpha value is -2.89. The zero-order chi connectivity index (χ0) is 16.2. The van der Waals surface area contributed by atoms with Gasteiger partial charge in [0, 0.05) is 12.4 Å². The first kappa shape index (κ1) is 15.0. The van der Waals surface area contributed by atoms with Crippen LogP contribution in [-0.4, -0.2) is 31.9 Å². The smallest absolute Gasteiger partial charge is 0.357 e. The van der Waals surface area contributed by atoms with Crippen LogP contribution in [0.4, 0.5) is 0 Å². The molecule has 0 saturated carbocycles. The van der Waals surface area contributed by atoms with Crippen molar-refractivity contribution in [3.63, 3.8) is 0 Å². The van der Waals surface area contributed by atoms with Gasteiger partial charge in [-0.15, -0.1) is 0 Å². The fraction of sp³-hybridized carbons (Fsp3) is 0.235. The van der Waals surface area contributed by atoms with Gasteiger partial charge in [-0.2, -0.15) is 5.10 Å². The minimum absolute atomic E-state index is 0.328. The second kappa shape index (κ2) is 6.48. The Kier molecular flexibility index (Phi) is 4.23. The number of aryl methyl sites for hydroxylation is 1. The molecule has 0 aliphatic heterocycles. The van der Waals surface area contributed by atoms with E-state index in [1.807, 2.05) is 48.0 Å². The quantitative estimate of drug-likeness (QED) is 0.680. The van der Waals surface area contributed by atoms with Crippen molar-refractivity contribution in [2.75, 3.05) is 6.61 Å². The average Bonchev–Trinajstić information content (AvgIpc) is 3.16. The molecular weight excluding hydrogens is 292 g/mol. The molecule has 0 atom stereocenters. The summed E-state index contributed by atoms with van der Waals surface area (Å²) < 4.78 is 8.75. The summed E-state index contributed by atoms with van der Waals surface area (Å²) in [5, 5.41) is 4.57. The minimum atomic E-state index is -0.377. The molecule has 1 aromatic carbocycles. The number of para-hydroxylation sites is 1. The number of hydrogen-bond donors (Lipinski definition) is 0. The number of nitrogens with zero attached hydrogens (tertiary/aromatic N) is 4. The van der Waals surface area contributed by atoms with E-state index in [0.29, 0.717) is 18.8 Å².